The molecule has 8 heteroatoms. The van der Waals surface area contributed by atoms with Gasteiger partial charge in [-0.2, -0.15) is 0 Å². The molecule has 1 heterocycles. The fraction of sp³-hybridized carbons (Fsp3) is 0.458. The van der Waals surface area contributed by atoms with Crippen molar-refractivity contribution in [3.63, 3.8) is 0 Å². The summed E-state index contributed by atoms with van der Waals surface area (Å²) in [6.07, 6.45) is 0. The molecule has 32 heavy (non-hydrogen) atoms. The van der Waals surface area contributed by atoms with Crippen molar-refractivity contribution in [1.82, 2.24) is 0 Å². The van der Waals surface area contributed by atoms with E-state index in [1.54, 1.807) is 42.7 Å². The molecule has 8 nitrogen and oxygen atoms in total. The maximum atomic E-state index is 12.3. The maximum Gasteiger partial charge on any atom is 0.309 e. The topological polar surface area (TPSA) is 81.7 Å². The number of carbonyl (C=O) groups is 1. The number of methoxy groups -OCH3 is 6. The van der Waals surface area contributed by atoms with Crippen LogP contribution in [0.15, 0.2) is 24.3 Å². The predicted octanol–water partition coefficient (Wildman–Crippen LogP) is 3.68. The normalized spacial score (nSPS) is 17.7. The van der Waals surface area contributed by atoms with E-state index in [2.05, 4.69) is 0 Å². The molecule has 0 radical (unpaired) electrons. The van der Waals surface area contributed by atoms with E-state index in [0.29, 0.717) is 34.5 Å². The van der Waals surface area contributed by atoms with Crippen molar-refractivity contribution >= 4 is 5.97 Å². The van der Waals surface area contributed by atoms with E-state index in [1.807, 2.05) is 31.2 Å². The highest BCUT2D eigenvalue weighted by Gasteiger charge is 2.41. The van der Waals surface area contributed by atoms with Gasteiger partial charge in [0.25, 0.3) is 0 Å². The molecule has 1 saturated heterocycles. The summed E-state index contributed by atoms with van der Waals surface area (Å²) in [5.41, 5.74) is 1.76. The van der Waals surface area contributed by atoms with Gasteiger partial charge in [0.2, 0.25) is 11.5 Å². The van der Waals surface area contributed by atoms with Crippen molar-refractivity contribution in [1.29, 1.82) is 0 Å². The van der Waals surface area contributed by atoms with Gasteiger partial charge in [-0.05, 0) is 35.4 Å². The van der Waals surface area contributed by atoms with Crippen molar-refractivity contribution in [2.24, 2.45) is 11.8 Å². The molecule has 174 valence electrons. The summed E-state index contributed by atoms with van der Waals surface area (Å²) in [4.78, 5) is 12.3. The molecule has 0 spiro atoms. The summed E-state index contributed by atoms with van der Waals surface area (Å²) in [5, 5.41) is 0. The lowest BCUT2D eigenvalue weighted by molar-refractivity contribution is -0.140. The predicted molar refractivity (Wildman–Crippen MR) is 118 cm³/mol. The number of benzene rings is 2. The molecule has 0 bridgehead atoms. The lowest BCUT2D eigenvalue weighted by Crippen LogP contribution is -2.22. The van der Waals surface area contributed by atoms with Gasteiger partial charge in [-0.1, -0.05) is 6.92 Å². The fourth-order valence-electron chi connectivity index (χ4n) is 4.26. The molecule has 0 saturated carbocycles. The Bertz CT molecular complexity index is 857. The quantitative estimate of drug-likeness (QED) is 0.540. The molecule has 2 aromatic carbocycles. The SMILES string of the molecule is COc1cc(C(c2cc(OC)c(OC)c(OC)c2)[C@@H]2COC(=O)[C@@H]2C)cc(OC)c1OC. The van der Waals surface area contributed by atoms with Crippen LogP contribution in [0.4, 0.5) is 0 Å². The van der Waals surface area contributed by atoms with Crippen LogP contribution in [0.3, 0.4) is 0 Å². The molecule has 1 aliphatic heterocycles. The smallest absolute Gasteiger partial charge is 0.309 e. The van der Waals surface area contributed by atoms with Crippen molar-refractivity contribution in [3.05, 3.63) is 35.4 Å². The average molecular weight is 446 g/mol. The van der Waals surface area contributed by atoms with Crippen LogP contribution >= 0.6 is 0 Å². The molecule has 1 aliphatic rings. The van der Waals surface area contributed by atoms with E-state index >= 15 is 0 Å². The molecule has 2 atom stereocenters. The molecule has 0 aromatic heterocycles. The second-order valence-electron chi connectivity index (χ2n) is 7.48. The van der Waals surface area contributed by atoms with Crippen molar-refractivity contribution in [2.75, 3.05) is 49.3 Å². The minimum Gasteiger partial charge on any atom is -0.493 e. The number of cyclic esters (lactones) is 1. The second-order valence-corrected chi connectivity index (χ2v) is 7.48. The molecular weight excluding hydrogens is 416 g/mol. The Labute approximate surface area is 188 Å². The minimum atomic E-state index is -0.307. The monoisotopic (exact) mass is 446 g/mol. The summed E-state index contributed by atoms with van der Waals surface area (Å²) in [6, 6.07) is 7.57. The van der Waals surface area contributed by atoms with Gasteiger partial charge in [0.05, 0.1) is 55.2 Å². The first-order valence-corrected chi connectivity index (χ1v) is 10.2. The van der Waals surface area contributed by atoms with E-state index in [9.17, 15) is 4.79 Å². The number of esters is 1. The van der Waals surface area contributed by atoms with Crippen molar-refractivity contribution in [2.45, 2.75) is 12.8 Å². The number of carbonyl (C=O) groups excluding carboxylic acids is 1. The minimum absolute atomic E-state index is 0.131. The lowest BCUT2D eigenvalue weighted by Gasteiger charge is -2.28. The van der Waals surface area contributed by atoms with Crippen molar-refractivity contribution < 1.29 is 38.0 Å². The van der Waals surface area contributed by atoms with E-state index in [-0.39, 0.29) is 30.3 Å². The molecule has 0 aliphatic carbocycles. The molecule has 0 unspecified atom stereocenters. The Kier molecular flexibility index (Phi) is 7.22. The largest absolute Gasteiger partial charge is 0.493 e. The maximum absolute atomic E-state index is 12.3. The van der Waals surface area contributed by atoms with Crippen LogP contribution in [0.2, 0.25) is 0 Å². The van der Waals surface area contributed by atoms with E-state index in [1.165, 1.54) is 0 Å². The first-order valence-electron chi connectivity index (χ1n) is 10.2. The third-order valence-corrected chi connectivity index (χ3v) is 5.95. The van der Waals surface area contributed by atoms with Gasteiger partial charge in [0.1, 0.15) is 0 Å². The molecule has 3 rings (SSSR count). The zero-order valence-corrected chi connectivity index (χ0v) is 19.5. The highest BCUT2D eigenvalue weighted by Crippen LogP contribution is 2.49. The van der Waals surface area contributed by atoms with Crippen LogP contribution in [-0.4, -0.2) is 55.2 Å². The average Bonchev–Trinajstić information content (AvgIpc) is 3.15. The number of hydrogen-bond donors (Lipinski definition) is 0. The van der Waals surface area contributed by atoms with Gasteiger partial charge < -0.3 is 33.2 Å². The van der Waals surface area contributed by atoms with Crippen LogP contribution in [-0.2, 0) is 9.53 Å². The number of rotatable bonds is 9. The van der Waals surface area contributed by atoms with Gasteiger partial charge >= 0.3 is 5.97 Å². The van der Waals surface area contributed by atoms with Crippen LogP contribution in [0.25, 0.3) is 0 Å². The molecule has 2 aromatic rings. The summed E-state index contributed by atoms with van der Waals surface area (Å²) < 4.78 is 38.6. The molecule has 0 amide bonds. The Hall–Kier alpha value is -3.29. The fourth-order valence-corrected chi connectivity index (χ4v) is 4.26. The van der Waals surface area contributed by atoms with Crippen LogP contribution < -0.4 is 28.4 Å². The molecule has 1 fully saturated rings. The first kappa shape index (κ1) is 23.4. The third kappa shape index (κ3) is 4.09. The van der Waals surface area contributed by atoms with Gasteiger partial charge in [-0.15, -0.1) is 0 Å². The van der Waals surface area contributed by atoms with Crippen LogP contribution in [0.1, 0.15) is 24.0 Å². The Morgan fingerprint density at radius 3 is 1.34 bits per heavy atom. The number of ether oxygens (including phenoxy) is 7. The summed E-state index contributed by atoms with van der Waals surface area (Å²) >= 11 is 0. The van der Waals surface area contributed by atoms with E-state index < -0.39 is 0 Å². The highest BCUT2D eigenvalue weighted by atomic mass is 16.5. The standard InChI is InChI=1S/C24H30O8/c1-13-16(12-32-24(13)25)21(14-8-17(26-2)22(30-6)18(9-14)27-3)15-10-19(28-4)23(31-7)20(11-15)29-5/h8-11,13,16,21H,12H2,1-7H3/t13-,16-/m1/s1. The zero-order chi connectivity index (χ0) is 23.4. The third-order valence-electron chi connectivity index (χ3n) is 5.95. The highest BCUT2D eigenvalue weighted by molar-refractivity contribution is 5.75. The summed E-state index contributed by atoms with van der Waals surface area (Å²) in [5.74, 6) is 2.18. The van der Waals surface area contributed by atoms with Gasteiger partial charge in [-0.3, -0.25) is 4.79 Å². The molecular formula is C24H30O8. The number of hydrogen-bond acceptors (Lipinski definition) is 8. The Morgan fingerprint density at radius 2 is 1.09 bits per heavy atom. The van der Waals surface area contributed by atoms with E-state index in [0.717, 1.165) is 11.1 Å². The van der Waals surface area contributed by atoms with Crippen molar-refractivity contribution in [3.8, 4) is 34.5 Å². The van der Waals surface area contributed by atoms with Gasteiger partial charge in [0, 0.05) is 11.8 Å². The van der Waals surface area contributed by atoms with Crippen LogP contribution in [0.5, 0.6) is 34.5 Å². The summed E-state index contributed by atoms with van der Waals surface area (Å²) in [7, 11) is 9.39. The zero-order valence-electron chi connectivity index (χ0n) is 19.5. The molecule has 0 N–H and O–H groups in total. The Morgan fingerprint density at radius 1 is 0.719 bits per heavy atom. The lowest BCUT2D eigenvalue weighted by atomic mass is 9.76. The summed E-state index contributed by atoms with van der Waals surface area (Å²) in [6.45, 7) is 2.17. The van der Waals surface area contributed by atoms with Gasteiger partial charge in [-0.25, -0.2) is 0 Å². The first-order chi connectivity index (χ1) is 15.4. The van der Waals surface area contributed by atoms with E-state index in [4.69, 9.17) is 33.2 Å². The Balaban J connectivity index is 2.27. The van der Waals surface area contributed by atoms with Crippen LogP contribution in [0, 0.1) is 11.8 Å². The van der Waals surface area contributed by atoms with Gasteiger partial charge in [0.15, 0.2) is 23.0 Å². The second kappa shape index (κ2) is 9.89.